The van der Waals surface area contributed by atoms with Gasteiger partial charge in [-0.2, -0.15) is 0 Å². The highest BCUT2D eigenvalue weighted by molar-refractivity contribution is 5.91. The largest absolute Gasteiger partial charge is 0.506 e. The highest BCUT2D eigenvalue weighted by atomic mass is 16.3. The monoisotopic (exact) mass is 836 g/mol. The normalized spacial score (nSPS) is 13.5. The Hall–Kier alpha value is -7.36. The molecule has 0 saturated carbocycles. The quantitative estimate of drug-likeness (QED) is 0.139. The van der Waals surface area contributed by atoms with Crippen LogP contribution in [0.25, 0.3) is 5.57 Å². The fraction of sp³-hybridized carbons (Fsp3) is 0.148. The minimum atomic E-state index is -0.478. The van der Waals surface area contributed by atoms with Gasteiger partial charge in [-0.15, -0.1) is 0 Å². The highest BCUT2D eigenvalue weighted by Crippen LogP contribution is 2.58. The lowest BCUT2D eigenvalue weighted by Gasteiger charge is -2.36. The highest BCUT2D eigenvalue weighted by Gasteiger charge is 2.47. The van der Waals surface area contributed by atoms with Gasteiger partial charge in [-0.1, -0.05) is 172 Å². The number of nitrogens with zero attached hydrogens (tertiary/aromatic N) is 2. The van der Waals surface area contributed by atoms with E-state index in [0.29, 0.717) is 5.69 Å². The topological polar surface area (TPSA) is 26.7 Å². The summed E-state index contributed by atoms with van der Waals surface area (Å²) < 4.78 is 0. The van der Waals surface area contributed by atoms with Crippen molar-refractivity contribution < 1.29 is 5.11 Å². The third-order valence-corrected chi connectivity index (χ3v) is 11.8. The number of allylic oxidation sites excluding steroid dienone is 9. The van der Waals surface area contributed by atoms with Crippen LogP contribution < -0.4 is 9.80 Å². The molecule has 0 fully saturated rings. The van der Waals surface area contributed by atoms with Crippen molar-refractivity contribution in [3.8, 4) is 5.75 Å². The zero-order valence-corrected chi connectivity index (χ0v) is 38.2. The predicted molar refractivity (Wildman–Crippen MR) is 275 cm³/mol. The second-order valence-electron chi connectivity index (χ2n) is 16.0. The summed E-state index contributed by atoms with van der Waals surface area (Å²) in [6.45, 7) is 15.8. The molecule has 64 heavy (non-hydrogen) atoms. The number of fused-ring (bicyclic) bond motifs is 2. The molecule has 0 aromatic heterocycles. The lowest BCUT2D eigenvalue weighted by molar-refractivity contribution is 0.476. The first kappa shape index (κ1) is 44.7. The number of benzene rings is 7. The second-order valence-corrected chi connectivity index (χ2v) is 16.0. The number of aryl methyl sites for hydroxylation is 2. The van der Waals surface area contributed by atoms with Gasteiger partial charge in [0.15, 0.2) is 0 Å². The zero-order chi connectivity index (χ0) is 45.1. The molecular weight excluding hydrogens is 777 g/mol. The molecular formula is C61H60N2O. The Kier molecular flexibility index (Phi) is 14.4. The number of phenols is 1. The molecule has 2 aliphatic rings. The van der Waals surface area contributed by atoms with Crippen LogP contribution in [0.3, 0.4) is 0 Å². The molecule has 320 valence electrons. The molecule has 7 aromatic carbocycles. The molecule has 0 radical (unpaired) electrons. The number of phenolic OH excluding ortho intramolecular Hbond substituents is 1. The smallest absolute Gasteiger partial charge is 0.141 e. The maximum atomic E-state index is 12.0. The predicted octanol–water partition coefficient (Wildman–Crippen LogP) is 17.1. The van der Waals surface area contributed by atoms with Crippen LogP contribution in [0, 0.1) is 13.8 Å². The van der Waals surface area contributed by atoms with Gasteiger partial charge in [0.05, 0.1) is 11.1 Å². The molecule has 0 atom stereocenters. The number of rotatable bonds is 10. The fourth-order valence-corrected chi connectivity index (χ4v) is 9.18. The Morgan fingerprint density at radius 2 is 1.14 bits per heavy atom. The molecule has 0 amide bonds. The van der Waals surface area contributed by atoms with E-state index in [1.165, 1.54) is 44.5 Å². The van der Waals surface area contributed by atoms with Crippen LogP contribution in [-0.2, 0) is 5.41 Å². The van der Waals surface area contributed by atoms with Crippen molar-refractivity contribution >= 4 is 39.7 Å². The summed E-state index contributed by atoms with van der Waals surface area (Å²) in [7, 11) is 0. The van der Waals surface area contributed by atoms with E-state index in [-0.39, 0.29) is 5.75 Å². The average molecular weight is 837 g/mol. The van der Waals surface area contributed by atoms with Crippen LogP contribution >= 0.6 is 0 Å². The maximum absolute atomic E-state index is 12.0. The van der Waals surface area contributed by atoms with E-state index in [2.05, 4.69) is 188 Å². The molecule has 0 spiro atoms. The van der Waals surface area contributed by atoms with Crippen LogP contribution in [0.15, 0.2) is 230 Å². The minimum Gasteiger partial charge on any atom is -0.506 e. The first-order valence-electron chi connectivity index (χ1n) is 22.5. The van der Waals surface area contributed by atoms with E-state index in [4.69, 9.17) is 0 Å². The van der Waals surface area contributed by atoms with Gasteiger partial charge in [0.1, 0.15) is 5.75 Å². The number of aromatic hydroxyl groups is 1. The molecule has 0 heterocycles. The first-order chi connectivity index (χ1) is 31.3. The van der Waals surface area contributed by atoms with Crippen LogP contribution in [0.2, 0.25) is 0 Å². The Balaban J connectivity index is 0.000000555. The summed E-state index contributed by atoms with van der Waals surface area (Å²) in [5.74, 6) is 0.196. The van der Waals surface area contributed by atoms with Gasteiger partial charge >= 0.3 is 0 Å². The van der Waals surface area contributed by atoms with Crippen molar-refractivity contribution in [2.24, 2.45) is 0 Å². The molecule has 3 heteroatoms. The maximum Gasteiger partial charge on any atom is 0.141 e. The van der Waals surface area contributed by atoms with Crippen LogP contribution in [-0.4, -0.2) is 5.11 Å². The lowest BCUT2D eigenvalue weighted by atomic mass is 9.66. The fourth-order valence-electron chi connectivity index (χ4n) is 9.18. The van der Waals surface area contributed by atoms with E-state index in [1.807, 2.05) is 76.3 Å². The standard InChI is InChI=1S/C51H42N2O.C8H12.C2H6/c1-36-16-14-24-41(32-36)52(44-29-31-49(50(54)35-44)53(40-22-10-5-11-23-40)42-25-15-17-37(2)33-42)43-28-30-46-45-26-12-13-27-47(45)51(48(46)34-43,38-18-6-3-7-19-38)39-20-8-4-9-21-39;1-4-6-8(3)7-5-2;1-2/h3-11,13-25,27-35,54H,12,26H2,1-2H3;4-7H,1H2,2-3H3;1-2H3/b;7-5-,8-6+;. The van der Waals surface area contributed by atoms with Crippen LogP contribution in [0.1, 0.15) is 73.9 Å². The van der Waals surface area contributed by atoms with Crippen molar-refractivity contribution in [2.75, 3.05) is 9.80 Å². The van der Waals surface area contributed by atoms with Gasteiger partial charge in [0.2, 0.25) is 0 Å². The van der Waals surface area contributed by atoms with Crippen molar-refractivity contribution in [1.82, 2.24) is 0 Å². The summed E-state index contributed by atoms with van der Waals surface area (Å²) >= 11 is 0. The van der Waals surface area contributed by atoms with E-state index >= 15 is 0 Å². The number of hydrogen-bond donors (Lipinski definition) is 1. The third-order valence-electron chi connectivity index (χ3n) is 11.8. The molecule has 0 unspecified atom stereocenters. The molecule has 7 aromatic rings. The molecule has 1 N–H and O–H groups in total. The van der Waals surface area contributed by atoms with Gasteiger partial charge in [0, 0.05) is 34.5 Å². The summed E-state index contributed by atoms with van der Waals surface area (Å²) in [6.07, 6.45) is 14.6. The Labute approximate surface area is 382 Å². The Morgan fingerprint density at radius 3 is 1.70 bits per heavy atom. The van der Waals surface area contributed by atoms with Gasteiger partial charge in [0.25, 0.3) is 0 Å². The lowest BCUT2D eigenvalue weighted by Crippen LogP contribution is -2.29. The molecule has 0 aliphatic heterocycles. The number of hydrogen-bond acceptors (Lipinski definition) is 3. The molecule has 0 saturated heterocycles. The van der Waals surface area contributed by atoms with E-state index in [9.17, 15) is 5.11 Å². The van der Waals surface area contributed by atoms with Crippen molar-refractivity contribution in [2.45, 2.75) is 59.8 Å². The number of anilines is 6. The van der Waals surface area contributed by atoms with Crippen molar-refractivity contribution in [3.05, 3.63) is 263 Å². The summed E-state index contributed by atoms with van der Waals surface area (Å²) in [6, 6.07) is 62.3. The first-order valence-corrected chi connectivity index (χ1v) is 22.5. The third kappa shape index (κ3) is 9.07. The van der Waals surface area contributed by atoms with Crippen LogP contribution in [0.4, 0.5) is 34.1 Å². The van der Waals surface area contributed by atoms with Crippen molar-refractivity contribution in [3.63, 3.8) is 0 Å². The average Bonchev–Trinajstić information content (AvgIpc) is 3.62. The molecule has 3 nitrogen and oxygen atoms in total. The Bertz CT molecular complexity index is 2770. The van der Waals surface area contributed by atoms with Gasteiger partial charge in [-0.25, -0.2) is 0 Å². The van der Waals surface area contributed by atoms with Gasteiger partial charge in [-0.3, -0.25) is 0 Å². The minimum absolute atomic E-state index is 0.196. The van der Waals surface area contributed by atoms with Gasteiger partial charge < -0.3 is 14.9 Å². The second kappa shape index (κ2) is 20.7. The van der Waals surface area contributed by atoms with Crippen molar-refractivity contribution in [1.29, 1.82) is 0 Å². The summed E-state index contributed by atoms with van der Waals surface area (Å²) in [5, 5.41) is 12.0. The summed E-state index contributed by atoms with van der Waals surface area (Å²) in [5.41, 5.74) is 16.6. The van der Waals surface area contributed by atoms with Gasteiger partial charge in [-0.05, 0) is 146 Å². The van der Waals surface area contributed by atoms with Crippen LogP contribution in [0.5, 0.6) is 5.75 Å². The summed E-state index contributed by atoms with van der Waals surface area (Å²) in [4.78, 5) is 4.40. The molecule has 0 bridgehead atoms. The van der Waals surface area contributed by atoms with E-state index in [1.54, 1.807) is 6.08 Å². The van der Waals surface area contributed by atoms with E-state index in [0.717, 1.165) is 46.8 Å². The molecule has 9 rings (SSSR count). The van der Waals surface area contributed by atoms with E-state index < -0.39 is 5.41 Å². The number of para-hydroxylation sites is 1. The SMILES string of the molecule is C=C/C=C(C)/C=C\C.CC.Cc1cccc(N(c2ccc(N(c3ccccc3)c3cccc(C)c3)c(O)c2)c2ccc3c(c2)C(c2ccccc2)(c2ccccc2)C2=C3CCC=C2)c1. The zero-order valence-electron chi connectivity index (χ0n) is 38.2. The Morgan fingerprint density at radius 1 is 0.609 bits per heavy atom. The molecule has 2 aliphatic carbocycles.